The van der Waals surface area contributed by atoms with E-state index in [4.69, 9.17) is 11.6 Å². The second-order valence-electron chi connectivity index (χ2n) is 3.14. The van der Waals surface area contributed by atoms with E-state index in [-0.39, 0.29) is 11.1 Å². The molecule has 0 aliphatic carbocycles. The van der Waals surface area contributed by atoms with Gasteiger partial charge in [0.05, 0.1) is 5.69 Å². The third-order valence-corrected chi connectivity index (χ3v) is 3.05. The summed E-state index contributed by atoms with van der Waals surface area (Å²) in [7, 11) is 0. The Balaban J connectivity index is 2.71. The van der Waals surface area contributed by atoms with E-state index in [1.54, 1.807) is 12.1 Å². The third-order valence-electron chi connectivity index (χ3n) is 2.17. The summed E-state index contributed by atoms with van der Waals surface area (Å²) in [6.07, 6.45) is 0.625. The number of hydrogen-bond donors (Lipinski definition) is 0. The number of benzene rings is 1. The largest absolute Gasteiger partial charge is 0.266 e. The van der Waals surface area contributed by atoms with Gasteiger partial charge in [-0.2, -0.15) is 0 Å². The lowest BCUT2D eigenvalue weighted by Gasteiger charge is -2.09. The first kappa shape index (κ1) is 11.5. The topological polar surface area (TPSA) is 30.7 Å². The molecular weight excluding hydrogens is 296 g/mol. The first-order chi connectivity index (χ1) is 7.65. The van der Waals surface area contributed by atoms with E-state index in [1.165, 1.54) is 10.6 Å². The predicted molar refractivity (Wildman–Crippen MR) is 63.4 cm³/mol. The minimum absolute atomic E-state index is 0.155. The predicted octanol–water partition coefficient (Wildman–Crippen LogP) is 3.38. The van der Waals surface area contributed by atoms with Gasteiger partial charge in [0.15, 0.2) is 0 Å². The Morgan fingerprint density at radius 2 is 2.19 bits per heavy atom. The van der Waals surface area contributed by atoms with Crippen LogP contribution in [-0.4, -0.2) is 14.8 Å². The van der Waals surface area contributed by atoms with Crippen molar-refractivity contribution in [3.8, 4) is 5.69 Å². The zero-order valence-corrected chi connectivity index (χ0v) is 10.8. The summed E-state index contributed by atoms with van der Waals surface area (Å²) in [4.78, 5) is 0. The Labute approximate surface area is 105 Å². The lowest BCUT2D eigenvalue weighted by molar-refractivity contribution is 0.614. The van der Waals surface area contributed by atoms with Crippen LogP contribution in [0.1, 0.15) is 12.7 Å². The van der Waals surface area contributed by atoms with Crippen molar-refractivity contribution in [2.24, 2.45) is 0 Å². The average Bonchev–Trinajstić information content (AvgIpc) is 2.60. The van der Waals surface area contributed by atoms with Crippen molar-refractivity contribution in [3.05, 3.63) is 39.6 Å². The van der Waals surface area contributed by atoms with E-state index < -0.39 is 0 Å². The molecule has 1 aromatic heterocycles. The van der Waals surface area contributed by atoms with Gasteiger partial charge in [0.25, 0.3) is 0 Å². The molecule has 1 heterocycles. The number of aryl methyl sites for hydroxylation is 1. The summed E-state index contributed by atoms with van der Waals surface area (Å²) >= 11 is 9.20. The highest BCUT2D eigenvalue weighted by Crippen LogP contribution is 2.27. The van der Waals surface area contributed by atoms with Gasteiger partial charge in [0.2, 0.25) is 5.28 Å². The van der Waals surface area contributed by atoms with Crippen LogP contribution in [0.2, 0.25) is 5.28 Å². The summed E-state index contributed by atoms with van der Waals surface area (Å²) in [5, 5.41) is 7.78. The van der Waals surface area contributed by atoms with Gasteiger partial charge in [-0.3, -0.25) is 4.57 Å². The molecule has 6 heteroatoms. The molecule has 0 amide bonds. The van der Waals surface area contributed by atoms with Crippen LogP contribution in [0.4, 0.5) is 4.39 Å². The molecule has 84 valence electrons. The maximum Gasteiger partial charge on any atom is 0.229 e. The third kappa shape index (κ3) is 1.85. The van der Waals surface area contributed by atoms with E-state index >= 15 is 0 Å². The molecular formula is C10H8BrClFN3. The van der Waals surface area contributed by atoms with E-state index in [0.717, 1.165) is 0 Å². The second kappa shape index (κ2) is 4.51. The molecule has 0 saturated heterocycles. The molecule has 1 aromatic carbocycles. The normalized spacial score (nSPS) is 10.8. The quantitative estimate of drug-likeness (QED) is 0.851. The van der Waals surface area contributed by atoms with Crippen molar-refractivity contribution in [3.63, 3.8) is 0 Å². The van der Waals surface area contributed by atoms with Crippen molar-refractivity contribution in [1.29, 1.82) is 0 Å². The van der Waals surface area contributed by atoms with Gasteiger partial charge in [-0.15, -0.1) is 10.2 Å². The molecule has 0 spiro atoms. The number of nitrogens with zero attached hydrogens (tertiary/aromatic N) is 3. The highest BCUT2D eigenvalue weighted by Gasteiger charge is 2.16. The Hall–Kier alpha value is -0.940. The van der Waals surface area contributed by atoms with Gasteiger partial charge in [0.1, 0.15) is 11.6 Å². The highest BCUT2D eigenvalue weighted by molar-refractivity contribution is 9.10. The molecule has 0 N–H and O–H groups in total. The molecule has 0 unspecified atom stereocenters. The fourth-order valence-electron chi connectivity index (χ4n) is 1.45. The van der Waals surface area contributed by atoms with Crippen molar-refractivity contribution in [2.45, 2.75) is 13.3 Å². The number of rotatable bonds is 2. The van der Waals surface area contributed by atoms with Crippen molar-refractivity contribution < 1.29 is 4.39 Å². The molecule has 0 fully saturated rings. The van der Waals surface area contributed by atoms with E-state index in [0.29, 0.717) is 22.4 Å². The van der Waals surface area contributed by atoms with E-state index in [9.17, 15) is 4.39 Å². The van der Waals surface area contributed by atoms with Crippen LogP contribution in [0, 0.1) is 5.82 Å². The van der Waals surface area contributed by atoms with Crippen molar-refractivity contribution >= 4 is 27.5 Å². The molecule has 0 radical (unpaired) electrons. The van der Waals surface area contributed by atoms with Gasteiger partial charge in [-0.1, -0.05) is 13.0 Å². The summed E-state index contributed by atoms with van der Waals surface area (Å²) < 4.78 is 15.9. The minimum atomic E-state index is -0.370. The molecule has 3 nitrogen and oxygen atoms in total. The monoisotopic (exact) mass is 303 g/mol. The van der Waals surface area contributed by atoms with Crippen molar-refractivity contribution in [1.82, 2.24) is 14.8 Å². The average molecular weight is 305 g/mol. The smallest absolute Gasteiger partial charge is 0.229 e. The van der Waals surface area contributed by atoms with Crippen LogP contribution in [0.5, 0.6) is 0 Å². The number of hydrogen-bond acceptors (Lipinski definition) is 2. The van der Waals surface area contributed by atoms with E-state index in [1.807, 2.05) is 6.92 Å². The van der Waals surface area contributed by atoms with Gasteiger partial charge >= 0.3 is 0 Å². The maximum absolute atomic E-state index is 13.7. The van der Waals surface area contributed by atoms with Gasteiger partial charge in [-0.25, -0.2) is 4.39 Å². The van der Waals surface area contributed by atoms with Crippen LogP contribution in [0.3, 0.4) is 0 Å². The molecule has 0 aliphatic rings. The lowest BCUT2D eigenvalue weighted by atomic mass is 10.3. The Kier molecular flexibility index (Phi) is 3.25. The fraction of sp³-hybridized carbons (Fsp3) is 0.200. The van der Waals surface area contributed by atoms with Crippen LogP contribution in [0.15, 0.2) is 22.7 Å². The summed E-state index contributed by atoms with van der Waals surface area (Å²) in [6.45, 7) is 1.91. The first-order valence-electron chi connectivity index (χ1n) is 4.69. The van der Waals surface area contributed by atoms with Crippen LogP contribution < -0.4 is 0 Å². The SMILES string of the molecule is CCc1nnc(Cl)n1-c1c(F)cccc1Br. The summed E-state index contributed by atoms with van der Waals surface area (Å²) in [5.41, 5.74) is 0.342. The molecule has 16 heavy (non-hydrogen) atoms. The van der Waals surface area contributed by atoms with Crippen molar-refractivity contribution in [2.75, 3.05) is 0 Å². The first-order valence-corrected chi connectivity index (χ1v) is 5.86. The molecule has 0 saturated carbocycles. The number of aromatic nitrogens is 3. The lowest BCUT2D eigenvalue weighted by Crippen LogP contribution is -2.03. The summed E-state index contributed by atoms with van der Waals surface area (Å²) in [6, 6.07) is 4.73. The summed E-state index contributed by atoms with van der Waals surface area (Å²) in [5.74, 6) is 0.251. The number of para-hydroxylation sites is 1. The molecule has 2 rings (SSSR count). The Bertz CT molecular complexity index is 507. The molecule has 2 aromatic rings. The molecule has 0 aliphatic heterocycles. The van der Waals surface area contributed by atoms with Crippen LogP contribution in [0.25, 0.3) is 5.69 Å². The molecule has 0 atom stereocenters. The maximum atomic E-state index is 13.7. The standard InChI is InChI=1S/C10H8BrClFN3/c1-2-8-14-15-10(12)16(8)9-6(11)4-3-5-7(9)13/h3-5H,2H2,1H3. The fourth-order valence-corrected chi connectivity index (χ4v) is 2.19. The number of halogens is 3. The van der Waals surface area contributed by atoms with Gasteiger partial charge in [-0.05, 0) is 39.7 Å². The van der Waals surface area contributed by atoms with Gasteiger partial charge < -0.3 is 0 Å². The van der Waals surface area contributed by atoms with Gasteiger partial charge in [0, 0.05) is 10.9 Å². The Morgan fingerprint density at radius 3 is 2.81 bits per heavy atom. The molecule has 0 bridgehead atoms. The van der Waals surface area contributed by atoms with Crippen LogP contribution >= 0.6 is 27.5 Å². The highest BCUT2D eigenvalue weighted by atomic mass is 79.9. The second-order valence-corrected chi connectivity index (χ2v) is 4.34. The minimum Gasteiger partial charge on any atom is -0.266 e. The van der Waals surface area contributed by atoms with Crippen LogP contribution in [-0.2, 0) is 6.42 Å². The Morgan fingerprint density at radius 1 is 1.44 bits per heavy atom. The zero-order valence-electron chi connectivity index (χ0n) is 8.41. The zero-order chi connectivity index (χ0) is 11.7. The van der Waals surface area contributed by atoms with E-state index in [2.05, 4.69) is 26.1 Å².